The molecule has 2 aromatic heterocycles. The first kappa shape index (κ1) is 21.1. The molecule has 4 nitrogen and oxygen atoms in total. The predicted octanol–water partition coefficient (Wildman–Crippen LogP) is 5.16. The minimum Gasteiger partial charge on any atom is -0.490 e. The number of halogens is 4. The summed E-state index contributed by atoms with van der Waals surface area (Å²) in [6.45, 7) is 5.79. The van der Waals surface area contributed by atoms with E-state index in [9.17, 15) is 17.6 Å². The molecule has 8 heteroatoms. The third-order valence-electron chi connectivity index (χ3n) is 4.67. The van der Waals surface area contributed by atoms with Crippen LogP contribution in [0.2, 0.25) is 0 Å². The molecule has 2 unspecified atom stereocenters. The highest BCUT2D eigenvalue weighted by Crippen LogP contribution is 2.32. The van der Waals surface area contributed by atoms with Crippen molar-refractivity contribution in [2.45, 2.75) is 45.6 Å². The van der Waals surface area contributed by atoms with E-state index in [0.29, 0.717) is 0 Å². The Labute approximate surface area is 155 Å². The Hall–Kier alpha value is -2.22. The molecule has 0 saturated heterocycles. The summed E-state index contributed by atoms with van der Waals surface area (Å²) in [5, 5.41) is 0. The van der Waals surface area contributed by atoms with Crippen molar-refractivity contribution in [3.05, 3.63) is 41.9 Å². The van der Waals surface area contributed by atoms with Crippen molar-refractivity contribution < 1.29 is 22.3 Å². The van der Waals surface area contributed by atoms with E-state index in [1.807, 2.05) is 13.8 Å². The lowest BCUT2D eigenvalue weighted by atomic mass is 9.87. The first-order valence-corrected chi connectivity index (χ1v) is 8.61. The number of pyridine rings is 2. The minimum absolute atomic E-state index is 0.0491. The number of rotatable bonds is 8. The average Bonchev–Trinajstić information content (AvgIpc) is 2.65. The SMILES string of the molecule is CCC(C)C(C)(N)COc1ccc(-c2ccnc(C(F)F)c2)nc1C(F)F. The molecular weight excluding hydrogens is 362 g/mol. The van der Waals surface area contributed by atoms with Gasteiger partial charge >= 0.3 is 0 Å². The van der Waals surface area contributed by atoms with Crippen LogP contribution in [0.3, 0.4) is 0 Å². The second-order valence-corrected chi connectivity index (χ2v) is 6.75. The van der Waals surface area contributed by atoms with Gasteiger partial charge in [0.25, 0.3) is 12.9 Å². The van der Waals surface area contributed by atoms with Crippen molar-refractivity contribution in [3.8, 4) is 17.0 Å². The number of hydrogen-bond donors (Lipinski definition) is 1. The normalized spacial score (nSPS) is 15.0. The third-order valence-corrected chi connectivity index (χ3v) is 4.67. The summed E-state index contributed by atoms with van der Waals surface area (Å²) in [6, 6.07) is 5.37. The lowest BCUT2D eigenvalue weighted by molar-refractivity contribution is 0.130. The van der Waals surface area contributed by atoms with Crippen LogP contribution in [-0.4, -0.2) is 22.1 Å². The molecule has 0 bridgehead atoms. The average molecular weight is 385 g/mol. The van der Waals surface area contributed by atoms with E-state index in [4.69, 9.17) is 10.5 Å². The van der Waals surface area contributed by atoms with Crippen molar-refractivity contribution in [2.75, 3.05) is 6.61 Å². The van der Waals surface area contributed by atoms with Crippen LogP contribution in [0.1, 0.15) is 51.4 Å². The van der Waals surface area contributed by atoms with Crippen molar-refractivity contribution in [1.82, 2.24) is 9.97 Å². The molecular formula is C19H23F4N3O. The second kappa shape index (κ2) is 8.65. The zero-order chi connectivity index (χ0) is 20.2. The number of nitrogens with two attached hydrogens (primary N) is 1. The molecule has 2 atom stereocenters. The standard InChI is InChI=1S/C19H23F4N3O/c1-4-11(2)19(3,24)10-27-15-6-5-13(26-16(15)18(22)23)12-7-8-25-14(9-12)17(20)21/h5-9,11,17-18H,4,10,24H2,1-3H3. The van der Waals surface area contributed by atoms with E-state index in [0.717, 1.165) is 12.5 Å². The fraction of sp³-hybridized carbons (Fsp3) is 0.474. The van der Waals surface area contributed by atoms with Gasteiger partial charge in [0.1, 0.15) is 23.7 Å². The Morgan fingerprint density at radius 3 is 2.44 bits per heavy atom. The number of ether oxygens (including phenoxy) is 1. The van der Waals surface area contributed by atoms with Gasteiger partial charge in [0.05, 0.1) is 5.69 Å². The molecule has 0 aliphatic heterocycles. The van der Waals surface area contributed by atoms with Gasteiger partial charge < -0.3 is 10.5 Å². The van der Waals surface area contributed by atoms with Gasteiger partial charge in [0.15, 0.2) is 0 Å². The molecule has 27 heavy (non-hydrogen) atoms. The molecule has 0 fully saturated rings. The molecule has 2 rings (SSSR count). The molecule has 148 valence electrons. The largest absolute Gasteiger partial charge is 0.490 e. The highest BCUT2D eigenvalue weighted by Gasteiger charge is 2.27. The molecule has 0 saturated carbocycles. The molecule has 0 radical (unpaired) electrons. The summed E-state index contributed by atoms with van der Waals surface area (Å²) in [7, 11) is 0. The molecule has 2 aromatic rings. The molecule has 0 spiro atoms. The summed E-state index contributed by atoms with van der Waals surface area (Å²) >= 11 is 0. The van der Waals surface area contributed by atoms with E-state index < -0.39 is 29.8 Å². The van der Waals surface area contributed by atoms with Crippen LogP contribution >= 0.6 is 0 Å². The van der Waals surface area contributed by atoms with Crippen LogP contribution < -0.4 is 10.5 Å². The Balaban J connectivity index is 2.31. The van der Waals surface area contributed by atoms with E-state index in [2.05, 4.69) is 9.97 Å². The second-order valence-electron chi connectivity index (χ2n) is 6.75. The topological polar surface area (TPSA) is 61.0 Å². The molecule has 0 aromatic carbocycles. The van der Waals surface area contributed by atoms with Gasteiger partial charge in [-0.3, -0.25) is 4.98 Å². The smallest absolute Gasteiger partial charge is 0.284 e. The van der Waals surface area contributed by atoms with Crippen LogP contribution in [0, 0.1) is 5.92 Å². The number of nitrogens with zero attached hydrogens (tertiary/aromatic N) is 2. The van der Waals surface area contributed by atoms with E-state index in [1.54, 1.807) is 6.92 Å². The fourth-order valence-corrected chi connectivity index (χ4v) is 2.47. The Kier molecular flexibility index (Phi) is 6.75. The van der Waals surface area contributed by atoms with E-state index in [-0.39, 0.29) is 29.5 Å². The van der Waals surface area contributed by atoms with E-state index >= 15 is 0 Å². The van der Waals surface area contributed by atoms with Crippen LogP contribution in [0.25, 0.3) is 11.3 Å². The highest BCUT2D eigenvalue weighted by molar-refractivity contribution is 5.60. The molecule has 0 amide bonds. The van der Waals surface area contributed by atoms with Gasteiger partial charge in [-0.15, -0.1) is 0 Å². The summed E-state index contributed by atoms with van der Waals surface area (Å²) in [5.41, 5.74) is 4.93. The van der Waals surface area contributed by atoms with Gasteiger partial charge in [-0.25, -0.2) is 22.5 Å². The highest BCUT2D eigenvalue weighted by atomic mass is 19.3. The monoisotopic (exact) mass is 385 g/mol. The Morgan fingerprint density at radius 2 is 1.85 bits per heavy atom. The van der Waals surface area contributed by atoms with Crippen molar-refractivity contribution >= 4 is 0 Å². The molecule has 2 N–H and O–H groups in total. The van der Waals surface area contributed by atoms with Crippen molar-refractivity contribution in [1.29, 1.82) is 0 Å². The van der Waals surface area contributed by atoms with Gasteiger partial charge in [-0.05, 0) is 37.1 Å². The minimum atomic E-state index is -2.89. The van der Waals surface area contributed by atoms with Gasteiger partial charge in [-0.1, -0.05) is 20.3 Å². The van der Waals surface area contributed by atoms with Crippen molar-refractivity contribution in [2.24, 2.45) is 11.7 Å². The maximum atomic E-state index is 13.5. The van der Waals surface area contributed by atoms with Crippen LogP contribution in [0.4, 0.5) is 17.6 Å². The zero-order valence-corrected chi connectivity index (χ0v) is 15.4. The summed E-state index contributed by atoms with van der Waals surface area (Å²) in [5.74, 6) is 0.0567. The van der Waals surface area contributed by atoms with Crippen LogP contribution in [0.5, 0.6) is 5.75 Å². The first-order valence-electron chi connectivity index (χ1n) is 8.61. The summed E-state index contributed by atoms with van der Waals surface area (Å²) in [4.78, 5) is 7.48. The summed E-state index contributed by atoms with van der Waals surface area (Å²) < 4.78 is 58.1. The Bertz CT molecular complexity index is 768. The maximum absolute atomic E-state index is 13.5. The molecule has 2 heterocycles. The van der Waals surface area contributed by atoms with Crippen LogP contribution in [0.15, 0.2) is 30.5 Å². The number of aromatic nitrogens is 2. The van der Waals surface area contributed by atoms with Gasteiger partial charge in [-0.2, -0.15) is 0 Å². The number of hydrogen-bond acceptors (Lipinski definition) is 4. The quantitative estimate of drug-likeness (QED) is 0.638. The lowest BCUT2D eigenvalue weighted by Crippen LogP contribution is -2.48. The fourth-order valence-electron chi connectivity index (χ4n) is 2.47. The van der Waals surface area contributed by atoms with Gasteiger partial charge in [0, 0.05) is 17.3 Å². The molecule has 0 aliphatic rings. The summed E-state index contributed by atoms with van der Waals surface area (Å²) in [6.07, 6.45) is -3.63. The van der Waals surface area contributed by atoms with Gasteiger partial charge in [0.2, 0.25) is 0 Å². The first-order chi connectivity index (χ1) is 12.7. The zero-order valence-electron chi connectivity index (χ0n) is 15.4. The lowest BCUT2D eigenvalue weighted by Gasteiger charge is -2.31. The van der Waals surface area contributed by atoms with Crippen molar-refractivity contribution in [3.63, 3.8) is 0 Å². The predicted molar refractivity (Wildman–Crippen MR) is 94.9 cm³/mol. The third kappa shape index (κ3) is 5.15. The Morgan fingerprint density at radius 1 is 1.15 bits per heavy atom. The van der Waals surface area contributed by atoms with Crippen LogP contribution in [-0.2, 0) is 0 Å². The maximum Gasteiger partial charge on any atom is 0.284 e. The number of alkyl halides is 4. The molecule has 0 aliphatic carbocycles. The van der Waals surface area contributed by atoms with E-state index in [1.165, 1.54) is 24.4 Å².